The molecule has 6 heteroatoms. The van der Waals surface area contributed by atoms with Gasteiger partial charge in [0.25, 0.3) is 5.91 Å². The van der Waals surface area contributed by atoms with Crippen LogP contribution in [0.3, 0.4) is 0 Å². The number of nitrogens with zero attached hydrogens (tertiary/aromatic N) is 3. The molecule has 0 fully saturated rings. The number of rotatable bonds is 6. The molecule has 6 nitrogen and oxygen atoms in total. The molecule has 0 saturated heterocycles. The first-order valence-corrected chi connectivity index (χ1v) is 7.97. The van der Waals surface area contributed by atoms with Gasteiger partial charge in [0.1, 0.15) is 12.1 Å². The maximum Gasteiger partial charge on any atom is 0.253 e. The summed E-state index contributed by atoms with van der Waals surface area (Å²) < 4.78 is 5.40. The van der Waals surface area contributed by atoms with Gasteiger partial charge < -0.3 is 10.1 Å². The number of carbonyl (C=O) groups excluding carboxylic acids is 1. The van der Waals surface area contributed by atoms with Gasteiger partial charge in [0.05, 0.1) is 17.9 Å². The Morgan fingerprint density at radius 2 is 1.80 bits per heavy atom. The van der Waals surface area contributed by atoms with Gasteiger partial charge in [-0.1, -0.05) is 12.1 Å². The van der Waals surface area contributed by atoms with Crippen LogP contribution in [0.2, 0.25) is 0 Å². The van der Waals surface area contributed by atoms with Crippen molar-refractivity contribution in [2.45, 2.75) is 13.5 Å². The fraction of sp³-hybridized carbons (Fsp3) is 0.158. The molecular formula is C19H18N4O2. The highest BCUT2D eigenvalue weighted by Gasteiger charge is 2.07. The molecule has 0 aliphatic carbocycles. The quantitative estimate of drug-likeness (QED) is 0.750. The first kappa shape index (κ1) is 16.6. The van der Waals surface area contributed by atoms with Crippen LogP contribution in [0.1, 0.15) is 22.8 Å². The molecule has 0 spiro atoms. The molecule has 0 bridgehead atoms. The summed E-state index contributed by atoms with van der Waals surface area (Å²) in [5.41, 5.74) is 3.04. The van der Waals surface area contributed by atoms with E-state index in [0.29, 0.717) is 18.7 Å². The van der Waals surface area contributed by atoms with Gasteiger partial charge in [-0.15, -0.1) is 0 Å². The number of ether oxygens (including phenoxy) is 1. The standard InChI is InChI=1S/C19H18N4O2/c1-2-25-17-6-3-14(4-7-17)9-23-19(24)15-5-8-18(22-12-15)16-10-20-13-21-11-16/h3-8,10-13H,2,9H2,1H3,(H,23,24). The lowest BCUT2D eigenvalue weighted by molar-refractivity contribution is 0.0950. The predicted octanol–water partition coefficient (Wildman–Crippen LogP) is 2.87. The molecule has 2 heterocycles. The molecule has 1 aromatic carbocycles. The first-order valence-electron chi connectivity index (χ1n) is 7.97. The fourth-order valence-electron chi connectivity index (χ4n) is 2.28. The minimum Gasteiger partial charge on any atom is -0.494 e. The summed E-state index contributed by atoms with van der Waals surface area (Å²) in [6.07, 6.45) is 6.38. The zero-order valence-corrected chi connectivity index (χ0v) is 13.8. The Morgan fingerprint density at radius 3 is 2.44 bits per heavy atom. The highest BCUT2D eigenvalue weighted by molar-refractivity contribution is 5.94. The summed E-state index contributed by atoms with van der Waals surface area (Å²) >= 11 is 0. The van der Waals surface area contributed by atoms with E-state index < -0.39 is 0 Å². The van der Waals surface area contributed by atoms with Crippen LogP contribution < -0.4 is 10.1 Å². The Bertz CT molecular complexity index is 818. The molecule has 2 aromatic heterocycles. The van der Waals surface area contributed by atoms with Crippen LogP contribution in [-0.2, 0) is 6.54 Å². The third kappa shape index (κ3) is 4.38. The Morgan fingerprint density at radius 1 is 1.04 bits per heavy atom. The highest BCUT2D eigenvalue weighted by Crippen LogP contribution is 2.15. The zero-order valence-electron chi connectivity index (χ0n) is 13.8. The molecule has 3 rings (SSSR count). The molecular weight excluding hydrogens is 316 g/mol. The van der Waals surface area contributed by atoms with Crippen molar-refractivity contribution in [1.82, 2.24) is 20.3 Å². The fourth-order valence-corrected chi connectivity index (χ4v) is 2.28. The van der Waals surface area contributed by atoms with Crippen molar-refractivity contribution in [3.63, 3.8) is 0 Å². The number of amides is 1. The molecule has 1 amide bonds. The maximum atomic E-state index is 12.2. The minimum atomic E-state index is -0.169. The Labute approximate surface area is 145 Å². The lowest BCUT2D eigenvalue weighted by Crippen LogP contribution is -2.22. The molecule has 0 atom stereocenters. The highest BCUT2D eigenvalue weighted by atomic mass is 16.5. The lowest BCUT2D eigenvalue weighted by atomic mass is 10.1. The van der Waals surface area contributed by atoms with Gasteiger partial charge in [0.2, 0.25) is 0 Å². The van der Waals surface area contributed by atoms with Crippen LogP contribution in [0, 0.1) is 0 Å². The van der Waals surface area contributed by atoms with E-state index >= 15 is 0 Å². The number of aromatic nitrogens is 3. The molecule has 126 valence electrons. The van der Waals surface area contributed by atoms with E-state index in [-0.39, 0.29) is 5.91 Å². The van der Waals surface area contributed by atoms with Crippen LogP contribution in [0.5, 0.6) is 5.75 Å². The minimum absolute atomic E-state index is 0.169. The molecule has 0 radical (unpaired) electrons. The van der Waals surface area contributed by atoms with Crippen molar-refractivity contribution in [3.8, 4) is 17.0 Å². The van der Waals surface area contributed by atoms with Crippen LogP contribution >= 0.6 is 0 Å². The molecule has 0 unspecified atom stereocenters. The van der Waals surface area contributed by atoms with E-state index in [1.54, 1.807) is 30.7 Å². The van der Waals surface area contributed by atoms with E-state index in [1.165, 1.54) is 6.33 Å². The number of hydrogen-bond acceptors (Lipinski definition) is 5. The van der Waals surface area contributed by atoms with Gasteiger partial charge in [0, 0.05) is 30.7 Å². The summed E-state index contributed by atoms with van der Waals surface area (Å²) in [5, 5.41) is 2.88. The Hall–Kier alpha value is -3.28. The SMILES string of the molecule is CCOc1ccc(CNC(=O)c2ccc(-c3cncnc3)nc2)cc1. The molecule has 1 N–H and O–H groups in total. The van der Waals surface area contributed by atoms with Gasteiger partial charge in [-0.25, -0.2) is 9.97 Å². The van der Waals surface area contributed by atoms with Crippen LogP contribution in [0.25, 0.3) is 11.3 Å². The summed E-state index contributed by atoms with van der Waals surface area (Å²) in [4.78, 5) is 24.5. The average Bonchev–Trinajstić information content (AvgIpc) is 2.68. The van der Waals surface area contributed by atoms with Crippen molar-refractivity contribution in [3.05, 3.63) is 72.4 Å². The van der Waals surface area contributed by atoms with Gasteiger partial charge in [0.15, 0.2) is 0 Å². The summed E-state index contributed by atoms with van der Waals surface area (Å²) in [6.45, 7) is 3.02. The molecule has 3 aromatic rings. The number of carbonyl (C=O) groups is 1. The van der Waals surface area contributed by atoms with Crippen molar-refractivity contribution in [1.29, 1.82) is 0 Å². The van der Waals surface area contributed by atoms with E-state index in [9.17, 15) is 4.79 Å². The Balaban J connectivity index is 1.59. The second kappa shape index (κ2) is 8.01. The lowest BCUT2D eigenvalue weighted by Gasteiger charge is -2.07. The summed E-state index contributed by atoms with van der Waals surface area (Å²) in [6, 6.07) is 11.2. The molecule has 25 heavy (non-hydrogen) atoms. The van der Waals surface area contributed by atoms with E-state index in [1.807, 2.05) is 31.2 Å². The van der Waals surface area contributed by atoms with E-state index in [4.69, 9.17) is 4.74 Å². The van der Waals surface area contributed by atoms with Crippen molar-refractivity contribution >= 4 is 5.91 Å². The number of benzene rings is 1. The summed E-state index contributed by atoms with van der Waals surface area (Å²) in [5.74, 6) is 0.652. The monoisotopic (exact) mass is 334 g/mol. The zero-order chi connectivity index (χ0) is 17.5. The van der Waals surface area contributed by atoms with Crippen molar-refractivity contribution < 1.29 is 9.53 Å². The predicted molar refractivity (Wildman–Crippen MR) is 94.0 cm³/mol. The topological polar surface area (TPSA) is 77.0 Å². The van der Waals surface area contributed by atoms with E-state index in [0.717, 1.165) is 22.6 Å². The smallest absolute Gasteiger partial charge is 0.253 e. The molecule has 0 aliphatic rings. The summed E-state index contributed by atoms with van der Waals surface area (Å²) in [7, 11) is 0. The first-order chi connectivity index (χ1) is 12.3. The van der Waals surface area contributed by atoms with Gasteiger partial charge in [-0.05, 0) is 36.8 Å². The van der Waals surface area contributed by atoms with E-state index in [2.05, 4.69) is 20.3 Å². The van der Waals surface area contributed by atoms with Crippen molar-refractivity contribution in [2.75, 3.05) is 6.61 Å². The number of pyridine rings is 1. The van der Waals surface area contributed by atoms with Gasteiger partial charge in [-0.3, -0.25) is 9.78 Å². The third-order valence-corrected chi connectivity index (χ3v) is 3.57. The maximum absolute atomic E-state index is 12.2. The Kier molecular flexibility index (Phi) is 5.31. The second-order valence-corrected chi connectivity index (χ2v) is 5.32. The number of nitrogens with one attached hydrogen (secondary N) is 1. The molecule has 0 aliphatic heterocycles. The average molecular weight is 334 g/mol. The van der Waals surface area contributed by atoms with Crippen LogP contribution in [0.4, 0.5) is 0 Å². The van der Waals surface area contributed by atoms with Gasteiger partial charge >= 0.3 is 0 Å². The third-order valence-electron chi connectivity index (χ3n) is 3.57. The van der Waals surface area contributed by atoms with Crippen molar-refractivity contribution in [2.24, 2.45) is 0 Å². The van der Waals surface area contributed by atoms with Crippen LogP contribution in [0.15, 0.2) is 61.3 Å². The largest absolute Gasteiger partial charge is 0.494 e. The molecule has 0 saturated carbocycles. The number of hydrogen-bond donors (Lipinski definition) is 1. The second-order valence-electron chi connectivity index (χ2n) is 5.32. The van der Waals surface area contributed by atoms with Crippen LogP contribution in [-0.4, -0.2) is 27.5 Å². The van der Waals surface area contributed by atoms with Gasteiger partial charge in [-0.2, -0.15) is 0 Å². The normalized spacial score (nSPS) is 10.3.